The Hall–Kier alpha value is -3.14. The Morgan fingerprint density at radius 2 is 1.74 bits per heavy atom. The van der Waals surface area contributed by atoms with E-state index in [1.807, 2.05) is 6.92 Å². The molecular weight excluding hydrogens is 454 g/mol. The summed E-state index contributed by atoms with van der Waals surface area (Å²) in [6.45, 7) is 8.51. The van der Waals surface area contributed by atoms with Crippen molar-refractivity contribution >= 4 is 23.9 Å². The number of aliphatic hydroxyl groups is 1. The Morgan fingerprint density at radius 1 is 1.09 bits per heavy atom. The molecule has 1 rings (SSSR count). The number of nitrogens with one attached hydrogen (secondary N) is 2. The Balaban J connectivity index is 3.20. The molecular formula is C25H39N3O7. The summed E-state index contributed by atoms with van der Waals surface area (Å²) in [5.74, 6) is -1.55. The number of alkyl carbamates (subject to hydrolysis) is 1. The van der Waals surface area contributed by atoms with Crippen LogP contribution in [0.1, 0.15) is 65.5 Å². The van der Waals surface area contributed by atoms with E-state index in [1.165, 1.54) is 4.90 Å². The number of hydrogen-bond donors (Lipinski definition) is 3. The fourth-order valence-corrected chi connectivity index (χ4v) is 3.26. The van der Waals surface area contributed by atoms with E-state index in [1.54, 1.807) is 58.0 Å². The number of esters is 1. The molecule has 0 saturated heterocycles. The Kier molecular flexibility index (Phi) is 12.8. The van der Waals surface area contributed by atoms with Crippen molar-refractivity contribution in [1.29, 1.82) is 0 Å². The highest BCUT2D eigenvalue weighted by Crippen LogP contribution is 2.23. The SMILES string of the molecule is CCCCN(C(=O)C(CO)NC(=O)OC(C)(C)C)C(C(=O)NCCC(=O)OCC)c1ccccc1. The van der Waals surface area contributed by atoms with Gasteiger partial charge >= 0.3 is 12.1 Å². The molecule has 1 aromatic carbocycles. The van der Waals surface area contributed by atoms with Crippen molar-refractivity contribution in [2.24, 2.45) is 0 Å². The second-order valence-corrected chi connectivity index (χ2v) is 8.93. The number of benzene rings is 1. The van der Waals surface area contributed by atoms with Crippen LogP contribution in [0.2, 0.25) is 0 Å². The number of hydrogen-bond acceptors (Lipinski definition) is 7. The van der Waals surface area contributed by atoms with Gasteiger partial charge in [-0.2, -0.15) is 0 Å². The average Bonchev–Trinajstić information content (AvgIpc) is 2.79. The maximum atomic E-state index is 13.5. The molecule has 2 unspecified atom stereocenters. The van der Waals surface area contributed by atoms with Gasteiger partial charge in [0.05, 0.1) is 19.6 Å². The van der Waals surface area contributed by atoms with E-state index >= 15 is 0 Å². The lowest BCUT2D eigenvalue weighted by Gasteiger charge is -2.34. The second-order valence-electron chi connectivity index (χ2n) is 8.93. The number of ether oxygens (including phenoxy) is 2. The summed E-state index contributed by atoms with van der Waals surface area (Å²) in [4.78, 5) is 52.1. The number of carbonyl (C=O) groups is 4. The summed E-state index contributed by atoms with van der Waals surface area (Å²) in [6.07, 6.45) is 0.480. The fraction of sp³-hybridized carbons (Fsp3) is 0.600. The third kappa shape index (κ3) is 10.8. The molecule has 10 nitrogen and oxygen atoms in total. The highest BCUT2D eigenvalue weighted by atomic mass is 16.6. The third-order valence-electron chi connectivity index (χ3n) is 4.82. The summed E-state index contributed by atoms with van der Waals surface area (Å²) >= 11 is 0. The van der Waals surface area contributed by atoms with E-state index in [2.05, 4.69) is 10.6 Å². The van der Waals surface area contributed by atoms with Crippen LogP contribution in [0.4, 0.5) is 4.79 Å². The Bertz CT molecular complexity index is 824. The Morgan fingerprint density at radius 3 is 2.29 bits per heavy atom. The molecule has 0 saturated carbocycles. The first-order valence-corrected chi connectivity index (χ1v) is 11.9. The number of nitrogens with zero attached hydrogens (tertiary/aromatic N) is 1. The van der Waals surface area contributed by atoms with Gasteiger partial charge in [-0.3, -0.25) is 14.4 Å². The van der Waals surface area contributed by atoms with Crippen molar-refractivity contribution in [3.05, 3.63) is 35.9 Å². The minimum Gasteiger partial charge on any atom is -0.466 e. The lowest BCUT2D eigenvalue weighted by Crippen LogP contribution is -2.54. The Labute approximate surface area is 207 Å². The normalized spacial score (nSPS) is 12.7. The highest BCUT2D eigenvalue weighted by molar-refractivity contribution is 5.92. The van der Waals surface area contributed by atoms with Crippen LogP contribution in [-0.4, -0.2) is 71.8 Å². The zero-order chi connectivity index (χ0) is 26.4. The molecule has 0 aliphatic carbocycles. The maximum Gasteiger partial charge on any atom is 0.408 e. The van der Waals surface area contributed by atoms with Gasteiger partial charge in [-0.15, -0.1) is 0 Å². The van der Waals surface area contributed by atoms with Gasteiger partial charge in [-0.1, -0.05) is 43.7 Å². The molecule has 0 bridgehead atoms. The smallest absolute Gasteiger partial charge is 0.408 e. The summed E-state index contributed by atoms with van der Waals surface area (Å²) in [7, 11) is 0. The lowest BCUT2D eigenvalue weighted by molar-refractivity contribution is -0.144. The molecule has 0 heterocycles. The predicted octanol–water partition coefficient (Wildman–Crippen LogP) is 2.31. The van der Waals surface area contributed by atoms with Gasteiger partial charge in [-0.25, -0.2) is 4.79 Å². The molecule has 0 aliphatic rings. The van der Waals surface area contributed by atoms with Crippen LogP contribution in [-0.2, 0) is 23.9 Å². The van der Waals surface area contributed by atoms with Crippen LogP contribution in [0.25, 0.3) is 0 Å². The molecule has 3 N–H and O–H groups in total. The van der Waals surface area contributed by atoms with E-state index in [4.69, 9.17) is 9.47 Å². The molecule has 0 fully saturated rings. The molecule has 0 spiro atoms. The zero-order valence-electron chi connectivity index (χ0n) is 21.3. The van der Waals surface area contributed by atoms with Crippen molar-refractivity contribution in [2.45, 2.75) is 71.6 Å². The quantitative estimate of drug-likeness (QED) is 0.359. The minimum absolute atomic E-state index is 0.0105. The van der Waals surface area contributed by atoms with Gasteiger partial charge in [0.1, 0.15) is 17.7 Å². The monoisotopic (exact) mass is 493 g/mol. The largest absolute Gasteiger partial charge is 0.466 e. The molecule has 0 aromatic heterocycles. The van der Waals surface area contributed by atoms with Crippen molar-refractivity contribution in [1.82, 2.24) is 15.5 Å². The summed E-state index contributed by atoms with van der Waals surface area (Å²) in [5, 5.41) is 15.0. The fourth-order valence-electron chi connectivity index (χ4n) is 3.26. The first-order valence-electron chi connectivity index (χ1n) is 11.9. The minimum atomic E-state index is -1.31. The van der Waals surface area contributed by atoms with E-state index < -0.39 is 48.2 Å². The van der Waals surface area contributed by atoms with E-state index in [-0.39, 0.29) is 26.1 Å². The molecule has 3 amide bonds. The van der Waals surface area contributed by atoms with Crippen LogP contribution in [0, 0.1) is 0 Å². The number of rotatable bonds is 13. The second kappa shape index (κ2) is 15.0. The summed E-state index contributed by atoms with van der Waals surface area (Å²) in [5.41, 5.74) is -0.236. The van der Waals surface area contributed by atoms with Gasteiger partial charge in [0, 0.05) is 13.1 Å². The molecule has 10 heteroatoms. The number of carbonyl (C=O) groups excluding carboxylic acids is 4. The van der Waals surface area contributed by atoms with Gasteiger partial charge in [0.25, 0.3) is 0 Å². The van der Waals surface area contributed by atoms with Crippen molar-refractivity contribution < 1.29 is 33.8 Å². The number of aliphatic hydroxyl groups excluding tert-OH is 1. The zero-order valence-corrected chi connectivity index (χ0v) is 21.3. The van der Waals surface area contributed by atoms with Crippen LogP contribution in [0.5, 0.6) is 0 Å². The molecule has 2 atom stereocenters. The van der Waals surface area contributed by atoms with Crippen LogP contribution in [0.15, 0.2) is 30.3 Å². The number of amides is 3. The molecule has 35 heavy (non-hydrogen) atoms. The van der Waals surface area contributed by atoms with E-state index in [0.29, 0.717) is 12.0 Å². The molecule has 0 radical (unpaired) electrons. The van der Waals surface area contributed by atoms with Gasteiger partial charge in [0.2, 0.25) is 11.8 Å². The van der Waals surface area contributed by atoms with Crippen LogP contribution < -0.4 is 10.6 Å². The van der Waals surface area contributed by atoms with Gasteiger partial charge < -0.3 is 30.1 Å². The van der Waals surface area contributed by atoms with Crippen molar-refractivity contribution in [3.8, 4) is 0 Å². The molecule has 1 aromatic rings. The molecule has 0 aliphatic heterocycles. The predicted molar refractivity (Wildman–Crippen MR) is 130 cm³/mol. The van der Waals surface area contributed by atoms with E-state index in [0.717, 1.165) is 6.42 Å². The highest BCUT2D eigenvalue weighted by Gasteiger charge is 2.35. The molecule has 196 valence electrons. The lowest BCUT2D eigenvalue weighted by atomic mass is 10.0. The first kappa shape index (κ1) is 29.9. The first-order chi connectivity index (χ1) is 16.5. The summed E-state index contributed by atoms with van der Waals surface area (Å²) in [6, 6.07) is 6.39. The van der Waals surface area contributed by atoms with Crippen molar-refractivity contribution in [3.63, 3.8) is 0 Å². The average molecular weight is 494 g/mol. The van der Waals surface area contributed by atoms with Crippen LogP contribution in [0.3, 0.4) is 0 Å². The van der Waals surface area contributed by atoms with Crippen LogP contribution >= 0.6 is 0 Å². The standard InChI is InChI=1S/C25H39N3O7/c1-6-8-16-28(23(32)19(17-29)27-24(33)35-25(3,4)5)21(18-12-10-9-11-13-18)22(31)26-15-14-20(30)34-7-2/h9-13,19,21,29H,6-8,14-17H2,1-5H3,(H,26,31)(H,27,33). The topological polar surface area (TPSA) is 134 Å². The van der Waals surface area contributed by atoms with E-state index in [9.17, 15) is 24.3 Å². The van der Waals surface area contributed by atoms with Gasteiger partial charge in [-0.05, 0) is 39.7 Å². The third-order valence-corrected chi connectivity index (χ3v) is 4.82. The maximum absolute atomic E-state index is 13.5. The van der Waals surface area contributed by atoms with Crippen molar-refractivity contribution in [2.75, 3.05) is 26.3 Å². The number of unbranched alkanes of at least 4 members (excludes halogenated alkanes) is 1. The summed E-state index contributed by atoms with van der Waals surface area (Å²) < 4.78 is 10.1. The van der Waals surface area contributed by atoms with Gasteiger partial charge in [0.15, 0.2) is 0 Å².